The van der Waals surface area contributed by atoms with Crippen LogP contribution in [0.15, 0.2) is 54.6 Å². The van der Waals surface area contributed by atoms with E-state index in [1.54, 1.807) is 6.07 Å². The molecule has 1 aliphatic rings. The lowest BCUT2D eigenvalue weighted by atomic mass is 10.1. The molecule has 0 saturated carbocycles. The Labute approximate surface area is 171 Å². The molecule has 0 spiro atoms. The quantitative estimate of drug-likeness (QED) is 0.707. The van der Waals surface area contributed by atoms with E-state index in [9.17, 15) is 4.39 Å². The molecule has 0 unspecified atom stereocenters. The summed E-state index contributed by atoms with van der Waals surface area (Å²) >= 11 is 0. The van der Waals surface area contributed by atoms with Crippen molar-refractivity contribution in [1.29, 1.82) is 0 Å². The number of benzene rings is 2. The Balaban J connectivity index is 1.42. The maximum Gasteiger partial charge on any atom is 0.227 e. The van der Waals surface area contributed by atoms with Crippen LogP contribution in [0.5, 0.6) is 0 Å². The van der Waals surface area contributed by atoms with Crippen molar-refractivity contribution in [3.05, 3.63) is 77.2 Å². The molecule has 5 nitrogen and oxygen atoms in total. The van der Waals surface area contributed by atoms with E-state index in [4.69, 9.17) is 4.98 Å². The Morgan fingerprint density at radius 3 is 2.41 bits per heavy atom. The molecule has 1 saturated heterocycles. The smallest absolute Gasteiger partial charge is 0.227 e. The largest absolute Gasteiger partial charge is 0.366 e. The van der Waals surface area contributed by atoms with Crippen molar-refractivity contribution >= 4 is 17.5 Å². The molecule has 3 aromatic rings. The van der Waals surface area contributed by atoms with Gasteiger partial charge in [0.2, 0.25) is 5.95 Å². The van der Waals surface area contributed by atoms with E-state index >= 15 is 0 Å². The molecule has 150 valence electrons. The summed E-state index contributed by atoms with van der Waals surface area (Å²) in [6.45, 7) is 7.80. The molecule has 0 radical (unpaired) electrons. The fraction of sp³-hybridized carbons (Fsp3) is 0.304. The van der Waals surface area contributed by atoms with Gasteiger partial charge in [-0.3, -0.25) is 0 Å². The molecular formula is C23H26FN5. The Morgan fingerprint density at radius 1 is 0.897 bits per heavy atom. The van der Waals surface area contributed by atoms with Crippen LogP contribution in [0.3, 0.4) is 0 Å². The fourth-order valence-corrected chi connectivity index (χ4v) is 3.66. The average Bonchev–Trinajstić information content (AvgIpc) is 2.72. The number of para-hydroxylation sites is 1. The molecule has 0 atom stereocenters. The van der Waals surface area contributed by atoms with Crippen LogP contribution < -0.4 is 15.1 Å². The molecule has 1 aliphatic heterocycles. The van der Waals surface area contributed by atoms with E-state index in [0.717, 1.165) is 50.2 Å². The number of halogens is 1. The zero-order valence-corrected chi connectivity index (χ0v) is 16.9. The zero-order chi connectivity index (χ0) is 20.2. The molecule has 0 bridgehead atoms. The molecule has 0 aliphatic carbocycles. The molecule has 4 rings (SSSR count). The highest BCUT2D eigenvalue weighted by molar-refractivity contribution is 5.50. The van der Waals surface area contributed by atoms with Crippen LogP contribution in [0.4, 0.5) is 21.8 Å². The minimum Gasteiger partial charge on any atom is -0.366 e. The minimum absolute atomic E-state index is 0.171. The molecule has 29 heavy (non-hydrogen) atoms. The topological polar surface area (TPSA) is 44.3 Å². The summed E-state index contributed by atoms with van der Waals surface area (Å²) in [5, 5.41) is 3.41. The first-order valence-electron chi connectivity index (χ1n) is 9.98. The predicted octanol–water partition coefficient (Wildman–Crippen LogP) is 4.17. The highest BCUT2D eigenvalue weighted by atomic mass is 19.1. The van der Waals surface area contributed by atoms with Crippen LogP contribution in [0.2, 0.25) is 0 Å². The van der Waals surface area contributed by atoms with Crippen molar-refractivity contribution in [3.63, 3.8) is 0 Å². The van der Waals surface area contributed by atoms with Crippen molar-refractivity contribution in [1.82, 2.24) is 9.97 Å². The van der Waals surface area contributed by atoms with E-state index in [1.165, 1.54) is 17.2 Å². The van der Waals surface area contributed by atoms with E-state index in [2.05, 4.69) is 51.3 Å². The van der Waals surface area contributed by atoms with Gasteiger partial charge in [-0.25, -0.2) is 9.37 Å². The zero-order valence-electron chi connectivity index (χ0n) is 16.9. The molecule has 2 heterocycles. The number of hydrogen-bond donors (Lipinski definition) is 1. The fourth-order valence-electron chi connectivity index (χ4n) is 3.66. The van der Waals surface area contributed by atoms with Crippen molar-refractivity contribution in [3.8, 4) is 0 Å². The molecule has 1 aromatic heterocycles. The third-order valence-corrected chi connectivity index (χ3v) is 5.15. The number of nitrogens with zero attached hydrogens (tertiary/aromatic N) is 4. The van der Waals surface area contributed by atoms with Gasteiger partial charge in [0.25, 0.3) is 0 Å². The van der Waals surface area contributed by atoms with Gasteiger partial charge in [0, 0.05) is 44.5 Å². The standard InChI is InChI=1S/C23H26FN5/c1-17-6-5-7-19(14-17)16-25-22-15-18(2)26-23(27-22)29-12-10-28(11-13-29)21-9-4-3-8-20(21)24/h3-9,14-15H,10-13,16H2,1-2H3,(H,25,26,27). The number of aromatic nitrogens is 2. The van der Waals surface area contributed by atoms with E-state index in [1.807, 2.05) is 25.1 Å². The highest BCUT2D eigenvalue weighted by Gasteiger charge is 2.21. The predicted molar refractivity (Wildman–Crippen MR) is 116 cm³/mol. The lowest BCUT2D eigenvalue weighted by Gasteiger charge is -2.36. The maximum absolute atomic E-state index is 14.1. The van der Waals surface area contributed by atoms with Crippen molar-refractivity contribution in [2.45, 2.75) is 20.4 Å². The molecular weight excluding hydrogens is 365 g/mol. The lowest BCUT2D eigenvalue weighted by molar-refractivity contribution is 0.594. The summed E-state index contributed by atoms with van der Waals surface area (Å²) in [4.78, 5) is 13.6. The normalized spacial score (nSPS) is 14.2. The van der Waals surface area contributed by atoms with Gasteiger partial charge in [0.1, 0.15) is 11.6 Å². The average molecular weight is 391 g/mol. The Bertz CT molecular complexity index is 983. The van der Waals surface area contributed by atoms with Gasteiger partial charge in [-0.2, -0.15) is 4.98 Å². The Morgan fingerprint density at radius 2 is 1.66 bits per heavy atom. The van der Waals surface area contributed by atoms with Gasteiger partial charge in [-0.1, -0.05) is 42.0 Å². The molecule has 1 fully saturated rings. The Hall–Kier alpha value is -3.15. The van der Waals surface area contributed by atoms with Gasteiger partial charge in [-0.15, -0.1) is 0 Å². The lowest BCUT2D eigenvalue weighted by Crippen LogP contribution is -2.47. The first kappa shape index (κ1) is 19.2. The molecule has 0 amide bonds. The van der Waals surface area contributed by atoms with Crippen LogP contribution in [-0.4, -0.2) is 36.1 Å². The van der Waals surface area contributed by atoms with E-state index in [-0.39, 0.29) is 5.82 Å². The van der Waals surface area contributed by atoms with Gasteiger partial charge >= 0.3 is 0 Å². The second kappa shape index (κ2) is 8.47. The first-order chi connectivity index (χ1) is 14.1. The third-order valence-electron chi connectivity index (χ3n) is 5.15. The summed E-state index contributed by atoms with van der Waals surface area (Å²) in [5.74, 6) is 1.38. The summed E-state index contributed by atoms with van der Waals surface area (Å²) in [5.41, 5.74) is 4.06. The summed E-state index contributed by atoms with van der Waals surface area (Å²) in [6.07, 6.45) is 0. The van der Waals surface area contributed by atoms with E-state index < -0.39 is 0 Å². The monoisotopic (exact) mass is 391 g/mol. The van der Waals surface area contributed by atoms with Gasteiger partial charge in [-0.05, 0) is 31.5 Å². The SMILES string of the molecule is Cc1cccc(CNc2cc(C)nc(N3CCN(c4ccccc4F)CC3)n2)c1. The number of aryl methyl sites for hydroxylation is 2. The summed E-state index contributed by atoms with van der Waals surface area (Å²) in [6, 6.07) is 17.4. The first-order valence-corrected chi connectivity index (χ1v) is 9.98. The van der Waals surface area contributed by atoms with Crippen LogP contribution in [0.1, 0.15) is 16.8 Å². The second-order valence-electron chi connectivity index (χ2n) is 7.46. The van der Waals surface area contributed by atoms with Crippen molar-refractivity contribution in [2.24, 2.45) is 0 Å². The number of rotatable bonds is 5. The van der Waals surface area contributed by atoms with E-state index in [0.29, 0.717) is 5.69 Å². The number of anilines is 3. The number of nitrogens with one attached hydrogen (secondary N) is 1. The Kier molecular flexibility index (Phi) is 5.60. The highest BCUT2D eigenvalue weighted by Crippen LogP contribution is 2.22. The van der Waals surface area contributed by atoms with Crippen LogP contribution >= 0.6 is 0 Å². The maximum atomic E-state index is 14.1. The molecule has 1 N–H and O–H groups in total. The third kappa shape index (κ3) is 4.65. The van der Waals surface area contributed by atoms with Gasteiger partial charge < -0.3 is 15.1 Å². The molecule has 6 heteroatoms. The number of piperazine rings is 1. The summed E-state index contributed by atoms with van der Waals surface area (Å²) in [7, 11) is 0. The second-order valence-corrected chi connectivity index (χ2v) is 7.46. The van der Waals surface area contributed by atoms with Crippen LogP contribution in [-0.2, 0) is 6.54 Å². The molecule has 2 aromatic carbocycles. The van der Waals surface area contributed by atoms with Crippen molar-refractivity contribution in [2.75, 3.05) is 41.3 Å². The van der Waals surface area contributed by atoms with Crippen LogP contribution in [0, 0.1) is 19.7 Å². The van der Waals surface area contributed by atoms with Crippen LogP contribution in [0.25, 0.3) is 0 Å². The number of hydrogen-bond acceptors (Lipinski definition) is 5. The van der Waals surface area contributed by atoms with Crippen molar-refractivity contribution < 1.29 is 4.39 Å². The van der Waals surface area contributed by atoms with Gasteiger partial charge in [0.05, 0.1) is 5.69 Å². The summed E-state index contributed by atoms with van der Waals surface area (Å²) < 4.78 is 14.1. The minimum atomic E-state index is -0.171. The van der Waals surface area contributed by atoms with Gasteiger partial charge in [0.15, 0.2) is 0 Å².